The van der Waals surface area contributed by atoms with Crippen molar-refractivity contribution in [2.45, 2.75) is 13.3 Å². The van der Waals surface area contributed by atoms with Crippen LogP contribution in [0.4, 0.5) is 0 Å². The Bertz CT molecular complexity index is 423. The molecule has 0 spiro atoms. The maximum absolute atomic E-state index is 4.28. The fraction of sp³-hybridized carbons (Fsp3) is 0.182. The highest BCUT2D eigenvalue weighted by molar-refractivity contribution is 9.10. The summed E-state index contributed by atoms with van der Waals surface area (Å²) in [6.07, 6.45) is 2.80. The maximum Gasteiger partial charge on any atom is 0.0968 e. The Hall–Kier alpha value is -0.670. The van der Waals surface area contributed by atoms with Gasteiger partial charge in [-0.1, -0.05) is 22.0 Å². The monoisotopic (exact) mass is 267 g/mol. The van der Waals surface area contributed by atoms with Crippen molar-refractivity contribution >= 4 is 27.3 Å². The van der Waals surface area contributed by atoms with E-state index in [9.17, 15) is 0 Å². The molecule has 0 aliphatic rings. The minimum Gasteiger partial charge on any atom is -0.249 e. The van der Waals surface area contributed by atoms with Gasteiger partial charge in [-0.25, -0.2) is 4.98 Å². The molecule has 1 heterocycles. The minimum atomic E-state index is 0.941. The first-order valence-electron chi connectivity index (χ1n) is 4.39. The second-order valence-electron chi connectivity index (χ2n) is 3.17. The summed E-state index contributed by atoms with van der Waals surface area (Å²) in [6, 6.07) is 6.37. The Morgan fingerprint density at radius 3 is 2.93 bits per heavy atom. The Kier molecular flexibility index (Phi) is 2.99. The average Bonchev–Trinajstić information content (AvgIpc) is 2.62. The second kappa shape index (κ2) is 4.24. The van der Waals surface area contributed by atoms with Crippen LogP contribution in [0.3, 0.4) is 0 Å². The van der Waals surface area contributed by atoms with Crippen LogP contribution in [-0.2, 0) is 6.42 Å². The molecule has 3 heteroatoms. The molecule has 0 fully saturated rings. The molecule has 72 valence electrons. The number of hydrogen-bond acceptors (Lipinski definition) is 2. The van der Waals surface area contributed by atoms with Crippen molar-refractivity contribution in [1.29, 1.82) is 0 Å². The lowest BCUT2D eigenvalue weighted by Gasteiger charge is -2.03. The molecule has 0 amide bonds. The number of aryl methyl sites for hydroxylation is 1. The number of benzene rings is 1. The first-order chi connectivity index (χ1) is 6.75. The van der Waals surface area contributed by atoms with E-state index in [1.165, 1.54) is 16.1 Å². The van der Waals surface area contributed by atoms with Crippen LogP contribution < -0.4 is 0 Å². The maximum atomic E-state index is 4.28. The molecule has 0 N–H and O–H groups in total. The first kappa shape index (κ1) is 9.87. The van der Waals surface area contributed by atoms with Crippen LogP contribution >= 0.6 is 27.3 Å². The fourth-order valence-electron chi connectivity index (χ4n) is 1.36. The van der Waals surface area contributed by atoms with E-state index in [4.69, 9.17) is 0 Å². The summed E-state index contributed by atoms with van der Waals surface area (Å²) in [6.45, 7) is 2.13. The lowest BCUT2D eigenvalue weighted by molar-refractivity contribution is 1.11. The van der Waals surface area contributed by atoms with E-state index in [1.54, 1.807) is 11.3 Å². The van der Waals surface area contributed by atoms with Gasteiger partial charge in [0.05, 0.1) is 5.01 Å². The Morgan fingerprint density at radius 2 is 2.29 bits per heavy atom. The number of nitrogens with zero attached hydrogens (tertiary/aromatic N) is 1. The van der Waals surface area contributed by atoms with Crippen LogP contribution in [-0.4, -0.2) is 4.98 Å². The normalized spacial score (nSPS) is 10.4. The van der Waals surface area contributed by atoms with E-state index >= 15 is 0 Å². The second-order valence-corrected chi connectivity index (χ2v) is 5.07. The van der Waals surface area contributed by atoms with Gasteiger partial charge < -0.3 is 0 Å². The Balaban J connectivity index is 2.25. The summed E-state index contributed by atoms with van der Waals surface area (Å²) in [5, 5.41) is 3.19. The molecule has 0 saturated carbocycles. The van der Waals surface area contributed by atoms with Crippen molar-refractivity contribution in [3.63, 3.8) is 0 Å². The molecule has 2 rings (SSSR count). The van der Waals surface area contributed by atoms with E-state index in [1.807, 2.05) is 11.6 Å². The molecule has 0 aliphatic carbocycles. The van der Waals surface area contributed by atoms with Gasteiger partial charge in [0, 0.05) is 22.5 Å². The molecule has 0 unspecified atom stereocenters. The van der Waals surface area contributed by atoms with Crippen molar-refractivity contribution in [2.24, 2.45) is 0 Å². The minimum absolute atomic E-state index is 0.941. The highest BCUT2D eigenvalue weighted by Gasteiger charge is 2.02. The summed E-state index contributed by atoms with van der Waals surface area (Å²) in [4.78, 5) is 4.28. The quantitative estimate of drug-likeness (QED) is 0.807. The summed E-state index contributed by atoms with van der Waals surface area (Å²) in [5.74, 6) is 0. The molecule has 14 heavy (non-hydrogen) atoms. The number of rotatable bonds is 2. The first-order valence-corrected chi connectivity index (χ1v) is 6.06. The molecule has 1 nitrogen and oxygen atoms in total. The number of aromatic nitrogens is 1. The Labute approximate surface area is 95.9 Å². The standard InChI is InChI=1S/C11H10BrNS/c1-8-6-10(12)3-2-9(8)7-11-13-4-5-14-11/h2-6H,7H2,1H3. The van der Waals surface area contributed by atoms with Crippen molar-refractivity contribution in [3.05, 3.63) is 50.4 Å². The predicted molar refractivity (Wildman–Crippen MR) is 63.8 cm³/mol. The van der Waals surface area contributed by atoms with Crippen molar-refractivity contribution in [3.8, 4) is 0 Å². The average molecular weight is 268 g/mol. The zero-order valence-electron chi connectivity index (χ0n) is 7.83. The molecule has 0 atom stereocenters. The molecular formula is C11H10BrNS. The summed E-state index contributed by atoms with van der Waals surface area (Å²) in [7, 11) is 0. The number of thiazole rings is 1. The zero-order chi connectivity index (χ0) is 9.97. The predicted octanol–water partition coefficient (Wildman–Crippen LogP) is 3.80. The molecule has 1 aromatic heterocycles. The van der Waals surface area contributed by atoms with Gasteiger partial charge in [-0.2, -0.15) is 0 Å². The van der Waals surface area contributed by atoms with Gasteiger partial charge in [0.1, 0.15) is 0 Å². The van der Waals surface area contributed by atoms with Crippen LogP contribution in [0.1, 0.15) is 16.1 Å². The lowest BCUT2D eigenvalue weighted by Crippen LogP contribution is -1.90. The van der Waals surface area contributed by atoms with Crippen LogP contribution in [0.2, 0.25) is 0 Å². The van der Waals surface area contributed by atoms with Gasteiger partial charge in [0.25, 0.3) is 0 Å². The largest absolute Gasteiger partial charge is 0.249 e. The number of hydrogen-bond donors (Lipinski definition) is 0. The highest BCUT2D eigenvalue weighted by Crippen LogP contribution is 2.19. The molecule has 2 aromatic rings. The van der Waals surface area contributed by atoms with E-state index in [2.05, 4.69) is 46.0 Å². The third-order valence-electron chi connectivity index (χ3n) is 2.13. The van der Waals surface area contributed by atoms with Crippen LogP contribution in [0, 0.1) is 6.92 Å². The van der Waals surface area contributed by atoms with Crippen LogP contribution in [0.15, 0.2) is 34.2 Å². The molecule has 0 bridgehead atoms. The van der Waals surface area contributed by atoms with Crippen molar-refractivity contribution in [1.82, 2.24) is 4.98 Å². The molecular weight excluding hydrogens is 258 g/mol. The SMILES string of the molecule is Cc1cc(Br)ccc1Cc1nccs1. The summed E-state index contributed by atoms with van der Waals surface area (Å²) in [5.41, 5.74) is 2.66. The van der Waals surface area contributed by atoms with E-state index in [0.717, 1.165) is 10.9 Å². The van der Waals surface area contributed by atoms with E-state index in [0.29, 0.717) is 0 Å². The Morgan fingerprint density at radius 1 is 1.43 bits per heavy atom. The summed E-state index contributed by atoms with van der Waals surface area (Å²) >= 11 is 5.17. The molecule has 0 aliphatic heterocycles. The van der Waals surface area contributed by atoms with Crippen LogP contribution in [0.25, 0.3) is 0 Å². The molecule has 0 radical (unpaired) electrons. The fourth-order valence-corrected chi connectivity index (χ4v) is 2.48. The number of halogens is 1. The summed E-state index contributed by atoms with van der Waals surface area (Å²) < 4.78 is 1.14. The third kappa shape index (κ3) is 2.22. The zero-order valence-corrected chi connectivity index (χ0v) is 10.2. The van der Waals surface area contributed by atoms with Gasteiger partial charge in [0.15, 0.2) is 0 Å². The van der Waals surface area contributed by atoms with Crippen molar-refractivity contribution in [2.75, 3.05) is 0 Å². The molecule has 1 aromatic carbocycles. The van der Waals surface area contributed by atoms with E-state index < -0.39 is 0 Å². The lowest BCUT2D eigenvalue weighted by atomic mass is 10.1. The van der Waals surface area contributed by atoms with Gasteiger partial charge >= 0.3 is 0 Å². The van der Waals surface area contributed by atoms with Crippen LogP contribution in [0.5, 0.6) is 0 Å². The molecule has 0 saturated heterocycles. The van der Waals surface area contributed by atoms with Gasteiger partial charge in [-0.05, 0) is 30.2 Å². The smallest absolute Gasteiger partial charge is 0.0968 e. The highest BCUT2D eigenvalue weighted by atomic mass is 79.9. The van der Waals surface area contributed by atoms with Crippen molar-refractivity contribution < 1.29 is 0 Å². The van der Waals surface area contributed by atoms with Gasteiger partial charge in [-0.3, -0.25) is 0 Å². The van der Waals surface area contributed by atoms with Gasteiger partial charge in [0.2, 0.25) is 0 Å². The topological polar surface area (TPSA) is 12.9 Å². The van der Waals surface area contributed by atoms with Gasteiger partial charge in [-0.15, -0.1) is 11.3 Å². The third-order valence-corrected chi connectivity index (χ3v) is 3.40. The van der Waals surface area contributed by atoms with E-state index in [-0.39, 0.29) is 0 Å².